The number of hydrogen-bond acceptors (Lipinski definition) is 6. The molecule has 1 aliphatic heterocycles. The minimum atomic E-state index is -4.39. The number of nitrogens with one attached hydrogen (secondary N) is 1. The van der Waals surface area contributed by atoms with Crippen LogP contribution >= 0.6 is 0 Å². The Morgan fingerprint density at radius 3 is 2.62 bits per heavy atom. The first-order valence-corrected chi connectivity index (χ1v) is 10.6. The molecule has 0 bridgehead atoms. The predicted molar refractivity (Wildman–Crippen MR) is 117 cm³/mol. The molecule has 7 nitrogen and oxygen atoms in total. The number of allylic oxidation sites excluding steroid dienone is 1. The number of aryl methyl sites for hydroxylation is 1. The van der Waals surface area contributed by atoms with Crippen LogP contribution in [0.4, 0.5) is 18.9 Å². The Morgan fingerprint density at radius 2 is 2.06 bits per heavy atom. The summed E-state index contributed by atoms with van der Waals surface area (Å²) < 4.78 is 51.7. The van der Waals surface area contributed by atoms with Crippen molar-refractivity contribution in [2.75, 3.05) is 19.0 Å². The van der Waals surface area contributed by atoms with Crippen molar-refractivity contribution in [2.45, 2.75) is 38.8 Å². The van der Waals surface area contributed by atoms with Gasteiger partial charge in [-0.25, -0.2) is 4.98 Å². The molecule has 1 aromatic heterocycles. The molecule has 178 valence electrons. The van der Waals surface area contributed by atoms with Crippen molar-refractivity contribution in [2.24, 2.45) is 11.1 Å². The van der Waals surface area contributed by atoms with Crippen LogP contribution in [0.25, 0.3) is 0 Å². The molecule has 1 amide bonds. The molecule has 2 aromatic rings. The summed E-state index contributed by atoms with van der Waals surface area (Å²) >= 11 is 0. The second kappa shape index (κ2) is 8.24. The summed E-state index contributed by atoms with van der Waals surface area (Å²) in [6.45, 7) is 2.90. The second-order valence-electron chi connectivity index (χ2n) is 8.63. The van der Waals surface area contributed by atoms with Gasteiger partial charge in [-0.05, 0) is 44.4 Å². The van der Waals surface area contributed by atoms with Crippen LogP contribution < -0.4 is 20.5 Å². The second-order valence-corrected chi connectivity index (χ2v) is 8.63. The first-order chi connectivity index (χ1) is 16.0. The van der Waals surface area contributed by atoms with Gasteiger partial charge in [0.05, 0.1) is 35.9 Å². The van der Waals surface area contributed by atoms with E-state index in [9.17, 15) is 23.2 Å². The number of ether oxygens (including phenoxy) is 2. The zero-order valence-corrected chi connectivity index (χ0v) is 18.8. The molecule has 0 unspecified atom stereocenters. The smallest absolute Gasteiger partial charge is 0.397 e. The summed E-state index contributed by atoms with van der Waals surface area (Å²) in [7, 11) is 1.43. The number of anilines is 1. The van der Waals surface area contributed by atoms with Crippen LogP contribution in [0.15, 0.2) is 35.7 Å². The van der Waals surface area contributed by atoms with Crippen LogP contribution in [0.5, 0.6) is 11.6 Å². The van der Waals surface area contributed by atoms with Crippen molar-refractivity contribution in [3.63, 3.8) is 0 Å². The van der Waals surface area contributed by atoms with Crippen molar-refractivity contribution in [3.8, 4) is 17.7 Å². The summed E-state index contributed by atoms with van der Waals surface area (Å²) in [4.78, 5) is 16.8. The molecule has 10 heteroatoms. The fourth-order valence-electron chi connectivity index (χ4n) is 4.30. The number of primary amides is 1. The third-order valence-electron chi connectivity index (χ3n) is 6.44. The lowest BCUT2D eigenvalue weighted by molar-refractivity contribution is -0.194. The number of methoxy groups -OCH3 is 1. The minimum Gasteiger partial charge on any atom is -0.496 e. The number of rotatable bonds is 6. The lowest BCUT2D eigenvalue weighted by Crippen LogP contribution is -2.32. The third-order valence-corrected chi connectivity index (χ3v) is 6.44. The Morgan fingerprint density at radius 1 is 1.35 bits per heavy atom. The first kappa shape index (κ1) is 23.4. The predicted octanol–water partition coefficient (Wildman–Crippen LogP) is 4.31. The summed E-state index contributed by atoms with van der Waals surface area (Å²) in [5.74, 6) is -1.25. The van der Waals surface area contributed by atoms with E-state index < -0.39 is 30.0 Å². The quantitative estimate of drug-likeness (QED) is 0.648. The van der Waals surface area contributed by atoms with E-state index in [-0.39, 0.29) is 24.3 Å². The molecule has 1 atom stereocenters. The molecule has 4 rings (SSSR count). The highest BCUT2D eigenvalue weighted by Crippen LogP contribution is 2.58. The topological polar surface area (TPSA) is 110 Å². The van der Waals surface area contributed by atoms with E-state index in [0.29, 0.717) is 39.4 Å². The van der Waals surface area contributed by atoms with Crippen molar-refractivity contribution < 1.29 is 27.4 Å². The van der Waals surface area contributed by atoms with E-state index in [4.69, 9.17) is 15.2 Å². The molecular formula is C24H23F3N4O3. The van der Waals surface area contributed by atoms with Crippen LogP contribution in [0.2, 0.25) is 0 Å². The van der Waals surface area contributed by atoms with Crippen LogP contribution in [0.3, 0.4) is 0 Å². The highest BCUT2D eigenvalue weighted by atomic mass is 19.4. The number of amides is 1. The molecule has 34 heavy (non-hydrogen) atoms. The molecule has 2 aliphatic rings. The van der Waals surface area contributed by atoms with Gasteiger partial charge in [-0.3, -0.25) is 4.79 Å². The van der Waals surface area contributed by atoms with E-state index >= 15 is 0 Å². The molecule has 0 radical (unpaired) electrons. The largest absolute Gasteiger partial charge is 0.496 e. The monoisotopic (exact) mass is 472 g/mol. The number of nitrogens with zero attached hydrogens (tertiary/aromatic N) is 2. The number of nitriles is 1. The van der Waals surface area contributed by atoms with Gasteiger partial charge in [0.15, 0.2) is 0 Å². The molecule has 1 fully saturated rings. The Hall–Kier alpha value is -3.74. The lowest BCUT2D eigenvalue weighted by Gasteiger charge is -2.33. The Balaban J connectivity index is 1.90. The number of carbonyl (C=O) groups is 1. The van der Waals surface area contributed by atoms with Gasteiger partial charge in [0.25, 0.3) is 0 Å². The van der Waals surface area contributed by atoms with E-state index in [1.165, 1.54) is 19.4 Å². The molecule has 1 aromatic carbocycles. The lowest BCUT2D eigenvalue weighted by atomic mass is 9.79. The van der Waals surface area contributed by atoms with Gasteiger partial charge in [0, 0.05) is 23.0 Å². The van der Waals surface area contributed by atoms with Gasteiger partial charge < -0.3 is 20.5 Å². The normalized spacial score (nSPS) is 18.4. The number of alkyl halides is 3. The molecule has 2 heterocycles. The SMILES string of the molecule is COc1cc(C#N)ccc1[C@H]1C(C(N)=O)=C(C)Nc2c(C)cnc(OCC3(C(F)(F)F)CC3)c21. The number of nitrogens with two attached hydrogens (primary N) is 1. The molecule has 1 saturated carbocycles. The van der Waals surface area contributed by atoms with Gasteiger partial charge in [-0.15, -0.1) is 0 Å². The van der Waals surface area contributed by atoms with Gasteiger partial charge in [0.1, 0.15) is 17.8 Å². The van der Waals surface area contributed by atoms with Crippen molar-refractivity contribution in [3.05, 3.63) is 57.9 Å². The molecule has 0 spiro atoms. The van der Waals surface area contributed by atoms with Crippen molar-refractivity contribution >= 4 is 11.6 Å². The summed E-state index contributed by atoms with van der Waals surface area (Å²) in [6.07, 6.45) is -2.91. The number of aromatic nitrogens is 1. The highest BCUT2D eigenvalue weighted by Gasteiger charge is 2.64. The molecular weight excluding hydrogens is 449 g/mol. The van der Waals surface area contributed by atoms with Crippen LogP contribution in [0, 0.1) is 23.7 Å². The summed E-state index contributed by atoms with van der Waals surface area (Å²) in [5, 5.41) is 12.4. The highest BCUT2D eigenvalue weighted by molar-refractivity contribution is 5.98. The van der Waals surface area contributed by atoms with E-state index in [1.54, 1.807) is 26.0 Å². The molecule has 1 aliphatic carbocycles. The van der Waals surface area contributed by atoms with E-state index in [2.05, 4.69) is 10.3 Å². The summed E-state index contributed by atoms with van der Waals surface area (Å²) in [6, 6.07) is 6.76. The maximum Gasteiger partial charge on any atom is 0.397 e. The number of hydrogen-bond donors (Lipinski definition) is 2. The zero-order chi connectivity index (χ0) is 24.8. The number of benzene rings is 1. The number of pyridine rings is 1. The Bertz CT molecular complexity index is 1240. The van der Waals surface area contributed by atoms with Crippen molar-refractivity contribution in [1.82, 2.24) is 4.98 Å². The first-order valence-electron chi connectivity index (χ1n) is 10.6. The molecule has 0 saturated heterocycles. The van der Waals surface area contributed by atoms with Gasteiger partial charge in [0.2, 0.25) is 11.8 Å². The average molecular weight is 472 g/mol. The van der Waals surface area contributed by atoms with Crippen molar-refractivity contribution in [1.29, 1.82) is 5.26 Å². The zero-order valence-electron chi connectivity index (χ0n) is 18.8. The van der Waals surface area contributed by atoms with Crippen LogP contribution in [-0.2, 0) is 4.79 Å². The maximum absolute atomic E-state index is 13.5. The summed E-state index contributed by atoms with van der Waals surface area (Å²) in [5.41, 5.74) is 7.06. The standard InChI is InChI=1S/C24H23F3N4O3/c1-12-10-30-22(34-11-23(6-7-23)24(25,26)27)19-18(17(21(29)32)13(2)31-20(12)19)15-5-4-14(9-28)8-16(15)33-3/h4-5,8,10,18,31H,6-7,11H2,1-3H3,(H2,29,32)/t18-/m0/s1. The number of fused-ring (bicyclic) bond motifs is 1. The molecule has 3 N–H and O–H groups in total. The number of carbonyl (C=O) groups excluding carboxylic acids is 1. The average Bonchev–Trinajstić information content (AvgIpc) is 3.59. The Kier molecular flexibility index (Phi) is 5.67. The van der Waals surface area contributed by atoms with Crippen LogP contribution in [0.1, 0.15) is 47.9 Å². The third kappa shape index (κ3) is 3.81. The fraction of sp³-hybridized carbons (Fsp3) is 0.375. The fourth-order valence-corrected chi connectivity index (χ4v) is 4.30. The van der Waals surface area contributed by atoms with Gasteiger partial charge in [-0.1, -0.05) is 6.07 Å². The van der Waals surface area contributed by atoms with E-state index in [1.807, 2.05) is 6.07 Å². The van der Waals surface area contributed by atoms with Gasteiger partial charge >= 0.3 is 6.18 Å². The minimum absolute atomic E-state index is 0.0127. The number of halogens is 3. The Labute approximate surface area is 194 Å². The van der Waals surface area contributed by atoms with Crippen LogP contribution in [-0.4, -0.2) is 30.8 Å². The van der Waals surface area contributed by atoms with E-state index in [0.717, 1.165) is 0 Å². The maximum atomic E-state index is 13.5. The van der Waals surface area contributed by atoms with Gasteiger partial charge in [-0.2, -0.15) is 18.4 Å².